The third kappa shape index (κ3) is 2.79. The summed E-state index contributed by atoms with van der Waals surface area (Å²) in [4.78, 5) is 17.3. The molecule has 29 heavy (non-hydrogen) atoms. The summed E-state index contributed by atoms with van der Waals surface area (Å²) in [5.41, 5.74) is 1.62. The monoisotopic (exact) mass is 388 g/mol. The van der Waals surface area contributed by atoms with Crippen LogP contribution < -0.4 is 5.32 Å². The number of amides is 1. The SMILES string of the molecule is COC1=CC2CC2(C(=O)Nc2ccc(-c3cc4cccnc4o3)cc2)C(OC)=C1. The molecule has 2 unspecified atom stereocenters. The first kappa shape index (κ1) is 17.6. The van der Waals surface area contributed by atoms with E-state index in [1.165, 1.54) is 0 Å². The number of pyridine rings is 1. The molecule has 5 rings (SSSR count). The van der Waals surface area contributed by atoms with Crippen LogP contribution in [0.1, 0.15) is 6.42 Å². The Bertz CT molecular complexity index is 1130. The number of nitrogens with one attached hydrogen (secondary N) is 1. The molecule has 1 amide bonds. The zero-order valence-electron chi connectivity index (χ0n) is 16.1. The summed E-state index contributed by atoms with van der Waals surface area (Å²) < 4.78 is 16.6. The number of methoxy groups -OCH3 is 2. The van der Waals surface area contributed by atoms with Crippen molar-refractivity contribution in [2.24, 2.45) is 11.3 Å². The summed E-state index contributed by atoms with van der Waals surface area (Å²) in [6.45, 7) is 0. The van der Waals surface area contributed by atoms with E-state index in [0.717, 1.165) is 34.6 Å². The highest BCUT2D eigenvalue weighted by molar-refractivity contribution is 6.00. The molecule has 2 aliphatic rings. The number of carbonyl (C=O) groups is 1. The van der Waals surface area contributed by atoms with Crippen LogP contribution in [0.5, 0.6) is 0 Å². The maximum absolute atomic E-state index is 13.0. The lowest BCUT2D eigenvalue weighted by molar-refractivity contribution is -0.121. The Morgan fingerprint density at radius 2 is 2.03 bits per heavy atom. The summed E-state index contributed by atoms with van der Waals surface area (Å²) in [5.74, 6) is 2.15. The number of allylic oxidation sites excluding steroid dienone is 2. The van der Waals surface area contributed by atoms with Gasteiger partial charge < -0.3 is 19.2 Å². The van der Waals surface area contributed by atoms with Gasteiger partial charge in [0, 0.05) is 34.8 Å². The Morgan fingerprint density at radius 3 is 2.76 bits per heavy atom. The number of nitrogens with zero attached hydrogens (tertiary/aromatic N) is 1. The molecule has 6 heteroatoms. The normalized spacial score (nSPS) is 22.3. The van der Waals surface area contributed by atoms with Gasteiger partial charge in [-0.3, -0.25) is 4.79 Å². The number of furan rings is 1. The summed E-state index contributed by atoms with van der Waals surface area (Å²) in [6.07, 6.45) is 6.20. The quantitative estimate of drug-likeness (QED) is 0.696. The number of benzene rings is 1. The van der Waals surface area contributed by atoms with Gasteiger partial charge >= 0.3 is 0 Å². The summed E-state index contributed by atoms with van der Waals surface area (Å²) in [5, 5.41) is 3.98. The van der Waals surface area contributed by atoms with Crippen molar-refractivity contribution < 1.29 is 18.7 Å². The molecular weight excluding hydrogens is 368 g/mol. The molecule has 1 fully saturated rings. The number of hydrogen-bond donors (Lipinski definition) is 1. The molecule has 2 heterocycles. The van der Waals surface area contributed by atoms with Crippen LogP contribution in [-0.2, 0) is 14.3 Å². The topological polar surface area (TPSA) is 73.6 Å². The van der Waals surface area contributed by atoms with Crippen molar-refractivity contribution in [3.05, 3.63) is 72.3 Å². The summed E-state index contributed by atoms with van der Waals surface area (Å²) in [6, 6.07) is 13.4. The van der Waals surface area contributed by atoms with Gasteiger partial charge in [0.15, 0.2) is 0 Å². The Balaban J connectivity index is 1.35. The third-order valence-corrected chi connectivity index (χ3v) is 5.68. The maximum Gasteiger partial charge on any atom is 0.238 e. The first-order valence-electron chi connectivity index (χ1n) is 9.42. The molecule has 3 aromatic rings. The molecule has 1 saturated carbocycles. The van der Waals surface area contributed by atoms with E-state index in [1.54, 1.807) is 26.5 Å². The van der Waals surface area contributed by atoms with Gasteiger partial charge in [0.2, 0.25) is 11.6 Å². The fourth-order valence-electron chi connectivity index (χ4n) is 3.99. The van der Waals surface area contributed by atoms with Gasteiger partial charge in [-0.2, -0.15) is 0 Å². The summed E-state index contributed by atoms with van der Waals surface area (Å²) >= 11 is 0. The van der Waals surface area contributed by atoms with Crippen LogP contribution in [0.25, 0.3) is 22.4 Å². The maximum atomic E-state index is 13.0. The largest absolute Gasteiger partial charge is 0.500 e. The van der Waals surface area contributed by atoms with Crippen molar-refractivity contribution in [1.29, 1.82) is 0 Å². The van der Waals surface area contributed by atoms with E-state index < -0.39 is 5.41 Å². The average Bonchev–Trinajstić information content (AvgIpc) is 3.35. The molecule has 0 radical (unpaired) electrons. The predicted octanol–water partition coefficient (Wildman–Crippen LogP) is 4.51. The van der Waals surface area contributed by atoms with E-state index >= 15 is 0 Å². The van der Waals surface area contributed by atoms with Gasteiger partial charge in [-0.05, 0) is 55.0 Å². The number of aromatic nitrogens is 1. The van der Waals surface area contributed by atoms with E-state index in [4.69, 9.17) is 13.9 Å². The molecule has 0 aliphatic heterocycles. The van der Waals surface area contributed by atoms with Crippen molar-refractivity contribution in [3.63, 3.8) is 0 Å². The molecule has 1 aromatic carbocycles. The van der Waals surface area contributed by atoms with E-state index in [-0.39, 0.29) is 11.8 Å². The molecule has 2 atom stereocenters. The minimum absolute atomic E-state index is 0.0670. The summed E-state index contributed by atoms with van der Waals surface area (Å²) in [7, 11) is 3.20. The number of anilines is 1. The van der Waals surface area contributed by atoms with Crippen molar-refractivity contribution >= 4 is 22.7 Å². The highest BCUT2D eigenvalue weighted by atomic mass is 16.5. The third-order valence-electron chi connectivity index (χ3n) is 5.68. The smallest absolute Gasteiger partial charge is 0.238 e. The average molecular weight is 388 g/mol. The number of carbonyl (C=O) groups excluding carboxylic acids is 1. The lowest BCUT2D eigenvalue weighted by atomic mass is 9.94. The lowest BCUT2D eigenvalue weighted by Gasteiger charge is -2.22. The van der Waals surface area contributed by atoms with Crippen LogP contribution in [0, 0.1) is 11.3 Å². The Morgan fingerprint density at radius 1 is 1.21 bits per heavy atom. The number of ether oxygens (including phenoxy) is 2. The highest BCUT2D eigenvalue weighted by Gasteiger charge is 2.64. The number of rotatable bonds is 5. The molecule has 0 bridgehead atoms. The molecule has 0 spiro atoms. The lowest BCUT2D eigenvalue weighted by Crippen LogP contribution is -2.29. The standard InChI is InChI=1S/C23H20N2O4/c1-27-18-11-16-13-23(16,20(12-18)28-2)22(26)25-17-7-5-14(6-8-17)19-10-15-4-3-9-24-21(15)29-19/h3-12,16H,13H2,1-2H3,(H,25,26). The fraction of sp³-hybridized carbons (Fsp3) is 0.217. The van der Waals surface area contributed by atoms with E-state index in [1.807, 2.05) is 48.5 Å². The molecule has 1 N–H and O–H groups in total. The zero-order chi connectivity index (χ0) is 20.0. The van der Waals surface area contributed by atoms with Crippen LogP contribution in [0.4, 0.5) is 5.69 Å². The number of hydrogen-bond acceptors (Lipinski definition) is 5. The van der Waals surface area contributed by atoms with E-state index in [0.29, 0.717) is 11.5 Å². The van der Waals surface area contributed by atoms with Gasteiger partial charge in [0.05, 0.1) is 14.2 Å². The first-order chi connectivity index (χ1) is 14.1. The molecule has 2 aromatic heterocycles. The van der Waals surface area contributed by atoms with Crippen LogP contribution in [0.2, 0.25) is 0 Å². The molecule has 6 nitrogen and oxygen atoms in total. The van der Waals surface area contributed by atoms with Crippen LogP contribution >= 0.6 is 0 Å². The first-order valence-corrected chi connectivity index (χ1v) is 9.42. The Kier molecular flexibility index (Phi) is 3.94. The van der Waals surface area contributed by atoms with Gasteiger partial charge in [-0.1, -0.05) is 0 Å². The fourth-order valence-corrected chi connectivity index (χ4v) is 3.99. The molecule has 2 aliphatic carbocycles. The molecule has 0 saturated heterocycles. The van der Waals surface area contributed by atoms with Gasteiger partial charge in [0.25, 0.3) is 0 Å². The second kappa shape index (κ2) is 6.51. The van der Waals surface area contributed by atoms with Crippen LogP contribution in [-0.4, -0.2) is 25.1 Å². The van der Waals surface area contributed by atoms with Gasteiger partial charge in [-0.25, -0.2) is 4.98 Å². The van der Waals surface area contributed by atoms with Crippen molar-refractivity contribution in [2.45, 2.75) is 6.42 Å². The van der Waals surface area contributed by atoms with E-state index in [9.17, 15) is 4.79 Å². The van der Waals surface area contributed by atoms with Crippen molar-refractivity contribution in [1.82, 2.24) is 4.98 Å². The minimum atomic E-state index is -0.639. The van der Waals surface area contributed by atoms with Crippen LogP contribution in [0.3, 0.4) is 0 Å². The minimum Gasteiger partial charge on any atom is -0.500 e. The zero-order valence-corrected chi connectivity index (χ0v) is 16.1. The number of fused-ring (bicyclic) bond motifs is 2. The Labute approximate surface area is 167 Å². The van der Waals surface area contributed by atoms with Gasteiger partial charge in [0.1, 0.15) is 22.7 Å². The second-order valence-electron chi connectivity index (χ2n) is 7.31. The molecular formula is C23H20N2O4. The van der Waals surface area contributed by atoms with Gasteiger partial charge in [-0.15, -0.1) is 0 Å². The predicted molar refractivity (Wildman–Crippen MR) is 109 cm³/mol. The second-order valence-corrected chi connectivity index (χ2v) is 7.31. The van der Waals surface area contributed by atoms with E-state index in [2.05, 4.69) is 10.3 Å². The van der Waals surface area contributed by atoms with Crippen LogP contribution in [0.15, 0.2) is 76.7 Å². The highest BCUT2D eigenvalue weighted by Crippen LogP contribution is 2.61. The Hall–Kier alpha value is -3.54. The molecule has 146 valence electrons. The van der Waals surface area contributed by atoms with Crippen molar-refractivity contribution in [3.8, 4) is 11.3 Å². The van der Waals surface area contributed by atoms with Crippen molar-refractivity contribution in [2.75, 3.05) is 19.5 Å².